The Labute approximate surface area is 144 Å². The summed E-state index contributed by atoms with van der Waals surface area (Å²) in [6.07, 6.45) is -0.360. The van der Waals surface area contributed by atoms with Crippen molar-refractivity contribution >= 4 is 44.4 Å². The molecule has 0 fully saturated rings. The number of hydrogen-bond donors (Lipinski definition) is 1. The van der Waals surface area contributed by atoms with Gasteiger partial charge in [0.05, 0.1) is 11.1 Å². The van der Waals surface area contributed by atoms with Gasteiger partial charge in [0, 0.05) is 11.0 Å². The Balaban J connectivity index is 2.57. The number of carbonyl (C=O) groups is 1. The molecule has 1 amide bonds. The minimum Gasteiger partial charge on any atom is -0.352 e. The normalized spacial score (nSPS) is 11.5. The Morgan fingerprint density at radius 1 is 1.19 bits per heavy atom. The van der Waals surface area contributed by atoms with Crippen molar-refractivity contribution in [1.29, 1.82) is 0 Å². The van der Waals surface area contributed by atoms with Crippen LogP contribution < -0.4 is 5.32 Å². The summed E-state index contributed by atoms with van der Waals surface area (Å²) in [6.45, 7) is 0.475. The lowest BCUT2D eigenvalue weighted by Crippen LogP contribution is -2.25. The predicted molar refractivity (Wildman–Crippen MR) is 88.8 cm³/mol. The van der Waals surface area contributed by atoms with Gasteiger partial charge in [0.2, 0.25) is 0 Å². The molecule has 0 bridgehead atoms. The summed E-state index contributed by atoms with van der Waals surface area (Å²) in [7, 11) is 0. The molecule has 1 aromatic carbocycles. The zero-order chi connectivity index (χ0) is 15.9. The molecule has 1 N–H and O–H groups in total. The number of benzene rings is 1. The number of unbranched alkanes of at least 4 members (excludes halogenated alkanes) is 3. The Morgan fingerprint density at radius 3 is 2.48 bits per heavy atom. The number of rotatable bonds is 7. The van der Waals surface area contributed by atoms with Crippen molar-refractivity contribution < 1.29 is 18.0 Å². The van der Waals surface area contributed by atoms with Gasteiger partial charge in [0.1, 0.15) is 0 Å². The van der Waals surface area contributed by atoms with Crippen molar-refractivity contribution in [3.05, 3.63) is 33.8 Å². The van der Waals surface area contributed by atoms with Crippen LogP contribution in [0, 0.1) is 0 Å². The molecule has 1 rings (SSSR count). The van der Waals surface area contributed by atoms with Crippen LogP contribution in [0.25, 0.3) is 0 Å². The standard InChI is InChI=1S/C14H16BrF3INO/c15-12-6-5-10(14(16,17)18)9-11(12)13(21)20-8-4-2-1-3-7-19/h5-6,9H,1-4,7-8H2,(H,20,21). The summed E-state index contributed by atoms with van der Waals surface area (Å²) < 4.78 is 39.4. The second kappa shape index (κ2) is 8.97. The summed E-state index contributed by atoms with van der Waals surface area (Å²) >= 11 is 5.42. The minimum atomic E-state index is -4.45. The number of carbonyl (C=O) groups excluding carboxylic acids is 1. The molecule has 2 nitrogen and oxygen atoms in total. The Morgan fingerprint density at radius 2 is 1.86 bits per heavy atom. The van der Waals surface area contributed by atoms with E-state index in [4.69, 9.17) is 0 Å². The first kappa shape index (κ1) is 18.7. The van der Waals surface area contributed by atoms with Crippen molar-refractivity contribution in [2.45, 2.75) is 31.9 Å². The van der Waals surface area contributed by atoms with Crippen LogP contribution in [0.4, 0.5) is 13.2 Å². The first-order valence-electron chi connectivity index (χ1n) is 6.57. The van der Waals surface area contributed by atoms with E-state index in [9.17, 15) is 18.0 Å². The van der Waals surface area contributed by atoms with Crippen molar-refractivity contribution in [3.8, 4) is 0 Å². The van der Waals surface area contributed by atoms with Gasteiger partial charge in [-0.3, -0.25) is 4.79 Å². The molecule has 0 heterocycles. The highest BCUT2D eigenvalue weighted by Crippen LogP contribution is 2.31. The zero-order valence-corrected chi connectivity index (χ0v) is 15.0. The third-order valence-corrected chi connectivity index (χ3v) is 4.34. The Hall–Kier alpha value is -0.310. The lowest BCUT2D eigenvalue weighted by molar-refractivity contribution is -0.137. The third kappa shape index (κ3) is 6.54. The highest BCUT2D eigenvalue weighted by Gasteiger charge is 2.31. The van der Waals surface area contributed by atoms with E-state index in [-0.39, 0.29) is 5.56 Å². The molecule has 0 aliphatic heterocycles. The van der Waals surface area contributed by atoms with E-state index in [1.807, 2.05) is 0 Å². The van der Waals surface area contributed by atoms with Crippen LogP contribution in [0.5, 0.6) is 0 Å². The molecule has 0 saturated carbocycles. The Kier molecular flexibility index (Phi) is 8.00. The van der Waals surface area contributed by atoms with E-state index in [0.717, 1.165) is 42.2 Å². The van der Waals surface area contributed by atoms with E-state index in [1.165, 1.54) is 6.07 Å². The van der Waals surface area contributed by atoms with Crippen molar-refractivity contribution in [3.63, 3.8) is 0 Å². The SMILES string of the molecule is O=C(NCCCCCCI)c1cc(C(F)(F)F)ccc1Br. The second-order valence-electron chi connectivity index (χ2n) is 4.55. The molecule has 0 aliphatic carbocycles. The molecule has 0 spiro atoms. The highest BCUT2D eigenvalue weighted by atomic mass is 127. The maximum absolute atomic E-state index is 12.6. The quantitative estimate of drug-likeness (QED) is 0.326. The van der Waals surface area contributed by atoms with Gasteiger partial charge < -0.3 is 5.32 Å². The van der Waals surface area contributed by atoms with E-state index in [1.54, 1.807) is 0 Å². The van der Waals surface area contributed by atoms with Crippen LogP contribution in [0.3, 0.4) is 0 Å². The van der Waals surface area contributed by atoms with Crippen molar-refractivity contribution in [2.24, 2.45) is 0 Å². The summed E-state index contributed by atoms with van der Waals surface area (Å²) in [5.41, 5.74) is -0.810. The fraction of sp³-hybridized carbons (Fsp3) is 0.500. The number of alkyl halides is 4. The average Bonchev–Trinajstić information content (AvgIpc) is 2.41. The molecule has 0 radical (unpaired) electrons. The van der Waals surface area contributed by atoms with Gasteiger partial charge in [-0.2, -0.15) is 13.2 Å². The highest BCUT2D eigenvalue weighted by molar-refractivity contribution is 14.1. The lowest BCUT2D eigenvalue weighted by atomic mass is 10.1. The van der Waals surface area contributed by atoms with Crippen LogP contribution >= 0.6 is 38.5 Å². The molecular weight excluding hydrogens is 462 g/mol. The predicted octanol–water partition coefficient (Wildman–Crippen LogP) is 5.19. The van der Waals surface area contributed by atoms with E-state index in [0.29, 0.717) is 11.0 Å². The van der Waals surface area contributed by atoms with Gasteiger partial charge in [-0.25, -0.2) is 0 Å². The maximum Gasteiger partial charge on any atom is 0.416 e. The van der Waals surface area contributed by atoms with Gasteiger partial charge in [-0.1, -0.05) is 35.4 Å². The third-order valence-electron chi connectivity index (χ3n) is 2.88. The number of amides is 1. The molecule has 0 unspecified atom stereocenters. The first-order chi connectivity index (χ1) is 9.86. The average molecular weight is 478 g/mol. The monoisotopic (exact) mass is 477 g/mol. The topological polar surface area (TPSA) is 29.1 Å². The summed E-state index contributed by atoms with van der Waals surface area (Å²) in [6, 6.07) is 3.07. The van der Waals surface area contributed by atoms with Gasteiger partial charge >= 0.3 is 6.18 Å². The zero-order valence-electron chi connectivity index (χ0n) is 11.3. The molecule has 0 aliphatic rings. The van der Waals surface area contributed by atoms with Gasteiger partial charge in [-0.05, 0) is 51.4 Å². The molecule has 21 heavy (non-hydrogen) atoms. The fourth-order valence-electron chi connectivity index (χ4n) is 1.75. The molecule has 7 heteroatoms. The fourth-order valence-corrected chi connectivity index (χ4v) is 2.71. The number of halogens is 5. The van der Waals surface area contributed by atoms with E-state index >= 15 is 0 Å². The molecule has 118 valence electrons. The molecule has 0 atom stereocenters. The Bertz CT molecular complexity index is 480. The first-order valence-corrected chi connectivity index (χ1v) is 8.89. The van der Waals surface area contributed by atoms with E-state index in [2.05, 4.69) is 43.8 Å². The summed E-state index contributed by atoms with van der Waals surface area (Å²) in [4.78, 5) is 11.9. The molecule has 0 saturated heterocycles. The van der Waals surface area contributed by atoms with Gasteiger partial charge in [0.15, 0.2) is 0 Å². The maximum atomic E-state index is 12.6. The van der Waals surface area contributed by atoms with Crippen LogP contribution in [-0.2, 0) is 6.18 Å². The van der Waals surface area contributed by atoms with Gasteiger partial charge in [-0.15, -0.1) is 0 Å². The van der Waals surface area contributed by atoms with Crippen LogP contribution in [0.1, 0.15) is 41.6 Å². The lowest BCUT2D eigenvalue weighted by Gasteiger charge is -2.11. The second-order valence-corrected chi connectivity index (χ2v) is 6.48. The largest absolute Gasteiger partial charge is 0.416 e. The van der Waals surface area contributed by atoms with Crippen molar-refractivity contribution in [2.75, 3.05) is 11.0 Å². The van der Waals surface area contributed by atoms with Crippen LogP contribution in [0.2, 0.25) is 0 Å². The summed E-state index contributed by atoms with van der Waals surface area (Å²) in [5, 5.41) is 2.66. The minimum absolute atomic E-state index is 0.0112. The van der Waals surface area contributed by atoms with E-state index < -0.39 is 17.6 Å². The smallest absolute Gasteiger partial charge is 0.352 e. The molecular formula is C14H16BrF3INO. The molecule has 1 aromatic rings. The number of hydrogen-bond acceptors (Lipinski definition) is 1. The van der Waals surface area contributed by atoms with Crippen LogP contribution in [0.15, 0.2) is 22.7 Å². The molecule has 0 aromatic heterocycles. The van der Waals surface area contributed by atoms with Gasteiger partial charge in [0.25, 0.3) is 5.91 Å². The summed E-state index contributed by atoms with van der Waals surface area (Å²) in [5.74, 6) is -0.484. The van der Waals surface area contributed by atoms with Crippen molar-refractivity contribution in [1.82, 2.24) is 5.32 Å². The van der Waals surface area contributed by atoms with Crippen LogP contribution in [-0.4, -0.2) is 16.9 Å². The number of nitrogens with one attached hydrogen (secondary N) is 1.